The van der Waals surface area contributed by atoms with E-state index in [0.717, 1.165) is 0 Å². The van der Waals surface area contributed by atoms with E-state index in [-0.39, 0.29) is 52.1 Å². The van der Waals surface area contributed by atoms with E-state index >= 15 is 0 Å². The van der Waals surface area contributed by atoms with E-state index in [1.54, 1.807) is 16.8 Å². The van der Waals surface area contributed by atoms with Crippen LogP contribution in [0.15, 0.2) is 22.4 Å². The van der Waals surface area contributed by atoms with Gasteiger partial charge in [-0.05, 0) is 64.8 Å². The van der Waals surface area contributed by atoms with E-state index in [2.05, 4.69) is 66.9 Å². The molecule has 0 fully saturated rings. The van der Waals surface area contributed by atoms with Crippen molar-refractivity contribution in [1.82, 2.24) is 4.57 Å². The molecular formula is C17H33Cl2NSiTi-2. The summed E-state index contributed by atoms with van der Waals surface area (Å²) >= 11 is 0. The van der Waals surface area contributed by atoms with E-state index in [0.29, 0.717) is 5.92 Å². The van der Waals surface area contributed by atoms with Gasteiger partial charge in [0.1, 0.15) is 8.96 Å². The van der Waals surface area contributed by atoms with Gasteiger partial charge in [0.2, 0.25) is 0 Å². The summed E-state index contributed by atoms with van der Waals surface area (Å²) in [6.45, 7) is 21.2. The molecule has 0 bridgehead atoms. The quantitative estimate of drug-likeness (QED) is 0.556. The Hall–Kier alpha value is 0.791. The molecule has 1 nitrogen and oxygen atoms in total. The molecule has 0 radical (unpaired) electrons. The summed E-state index contributed by atoms with van der Waals surface area (Å²) in [7, 11) is -0.868. The van der Waals surface area contributed by atoms with Crippen molar-refractivity contribution >= 4 is 8.96 Å². The largest absolute Gasteiger partial charge is 1.00 e. The van der Waals surface area contributed by atoms with Gasteiger partial charge in [-0.15, -0.1) is 0 Å². The van der Waals surface area contributed by atoms with Gasteiger partial charge >= 0.3 is 0 Å². The zero-order valence-electron chi connectivity index (χ0n) is 15.8. The Morgan fingerprint density at radius 3 is 1.59 bits per heavy atom. The molecule has 0 saturated heterocycles. The predicted octanol–water partition coefficient (Wildman–Crippen LogP) is -0.884. The van der Waals surface area contributed by atoms with Gasteiger partial charge < -0.3 is 29.4 Å². The van der Waals surface area contributed by atoms with Gasteiger partial charge in [0, 0.05) is 38.9 Å². The van der Waals surface area contributed by atoms with Crippen LogP contribution in [0.4, 0.5) is 0 Å². The Morgan fingerprint density at radius 1 is 0.955 bits per heavy atom. The zero-order valence-corrected chi connectivity index (χ0v) is 20.0. The van der Waals surface area contributed by atoms with E-state index in [4.69, 9.17) is 0 Å². The van der Waals surface area contributed by atoms with Gasteiger partial charge in [0.15, 0.2) is 0 Å². The van der Waals surface area contributed by atoms with E-state index < -0.39 is 8.96 Å². The summed E-state index contributed by atoms with van der Waals surface area (Å²) in [5.74, 6) is 0.604. The molecule has 0 spiro atoms. The summed E-state index contributed by atoms with van der Waals surface area (Å²) in [6.07, 6.45) is 0. The van der Waals surface area contributed by atoms with Crippen molar-refractivity contribution in [1.29, 1.82) is 0 Å². The summed E-state index contributed by atoms with van der Waals surface area (Å²) in [6, 6.07) is 2.71. The first-order chi connectivity index (χ1) is 8.66. The summed E-state index contributed by atoms with van der Waals surface area (Å²) in [5, 5.41) is 0. The topological polar surface area (TPSA) is 3.24 Å². The van der Waals surface area contributed by atoms with Gasteiger partial charge in [-0.2, -0.15) is 0 Å². The molecule has 1 aliphatic carbocycles. The van der Waals surface area contributed by atoms with Crippen LogP contribution < -0.4 is 24.8 Å². The second-order valence-corrected chi connectivity index (χ2v) is 10.5. The minimum Gasteiger partial charge on any atom is -1.00 e. The van der Waals surface area contributed by atoms with Gasteiger partial charge in [-0.25, -0.2) is 0 Å². The molecule has 1 unspecified atom stereocenters. The van der Waals surface area contributed by atoms with Crippen LogP contribution in [0.5, 0.6) is 0 Å². The molecule has 0 N–H and O–H groups in total. The van der Waals surface area contributed by atoms with Crippen molar-refractivity contribution in [2.75, 3.05) is 0 Å². The molecular weight excluding hydrogens is 365 g/mol. The van der Waals surface area contributed by atoms with Crippen molar-refractivity contribution in [3.8, 4) is 0 Å². The molecule has 0 amide bonds. The molecule has 0 aromatic carbocycles. The maximum absolute atomic E-state index is 2.84. The van der Waals surface area contributed by atoms with Gasteiger partial charge in [-0.1, -0.05) is 26.3 Å². The molecule has 1 aliphatic rings. The number of allylic oxidation sites excluding steroid dienone is 3. The molecule has 0 aliphatic heterocycles. The average molecular weight is 398 g/mol. The van der Waals surface area contributed by atoms with E-state index in [9.17, 15) is 0 Å². The third-order valence-electron chi connectivity index (χ3n) is 4.89. The number of hydrogen-bond acceptors (Lipinski definition) is 1. The Balaban J connectivity index is -0.00000120. The fourth-order valence-electron chi connectivity index (χ4n) is 3.49. The maximum Gasteiger partial charge on any atom is 0.140 e. The number of nitrogens with zero attached hydrogens (tertiary/aromatic N) is 1. The van der Waals surface area contributed by atoms with Gasteiger partial charge in [0.05, 0.1) is 0 Å². The van der Waals surface area contributed by atoms with Crippen LogP contribution in [-0.2, 0) is 21.7 Å². The van der Waals surface area contributed by atoms with Crippen LogP contribution >= 0.6 is 0 Å². The predicted molar refractivity (Wildman–Crippen MR) is 89.9 cm³/mol. The first kappa shape index (κ1) is 27.6. The van der Waals surface area contributed by atoms with Crippen LogP contribution in [-0.4, -0.2) is 19.1 Å². The second kappa shape index (κ2) is 10.6. The Kier molecular flexibility index (Phi) is 13.3. The molecule has 5 heteroatoms. The van der Waals surface area contributed by atoms with Crippen molar-refractivity contribution in [2.24, 2.45) is 5.92 Å². The molecule has 1 rings (SSSR count). The summed E-state index contributed by atoms with van der Waals surface area (Å²) in [4.78, 5) is 0. The van der Waals surface area contributed by atoms with Crippen molar-refractivity contribution in [3.05, 3.63) is 22.4 Å². The van der Waals surface area contributed by atoms with E-state index in [1.165, 1.54) is 17.7 Å². The van der Waals surface area contributed by atoms with Gasteiger partial charge in [-0.3, -0.25) is 0 Å². The van der Waals surface area contributed by atoms with Crippen LogP contribution in [0.1, 0.15) is 62.3 Å². The third kappa shape index (κ3) is 5.41. The van der Waals surface area contributed by atoms with Crippen LogP contribution in [0.2, 0.25) is 12.1 Å². The number of rotatable bonds is 4. The number of halogens is 2. The molecule has 1 atom stereocenters. The molecule has 22 heavy (non-hydrogen) atoms. The second-order valence-electron chi connectivity index (χ2n) is 7.05. The van der Waals surface area contributed by atoms with Crippen molar-refractivity contribution in [2.45, 2.75) is 79.9 Å². The summed E-state index contributed by atoms with van der Waals surface area (Å²) < 4.78 is 2.84. The molecule has 0 heterocycles. The summed E-state index contributed by atoms with van der Waals surface area (Å²) in [5.41, 5.74) is 6.51. The minimum absolute atomic E-state index is 0. The monoisotopic (exact) mass is 397 g/mol. The van der Waals surface area contributed by atoms with Crippen LogP contribution in [0.3, 0.4) is 0 Å². The smallest absolute Gasteiger partial charge is 0.140 e. The standard InChI is InChI=1S/C17H33NSi.2ClH.Ti/c1-10-19(11-2)18(17(7,8)9)16-14(5)12(3)13(4)15(16)6;;;/h14,19H,10-11H2,1-9H3;2*1H;/p-2. The average Bonchev–Trinajstić information content (AvgIpc) is 2.50. The molecule has 130 valence electrons. The Labute approximate surface area is 167 Å². The Morgan fingerprint density at radius 2 is 1.36 bits per heavy atom. The molecule has 0 aromatic heterocycles. The minimum atomic E-state index is -0.868. The fourth-order valence-corrected chi connectivity index (χ4v) is 6.71. The number of hydrogen-bond donors (Lipinski definition) is 0. The Bertz CT molecular complexity index is 409. The first-order valence-corrected chi connectivity index (χ1v) is 9.99. The maximum atomic E-state index is 2.84. The van der Waals surface area contributed by atoms with Crippen LogP contribution in [0.25, 0.3) is 0 Å². The van der Waals surface area contributed by atoms with Crippen LogP contribution in [0, 0.1) is 5.92 Å². The van der Waals surface area contributed by atoms with Crippen molar-refractivity contribution in [3.63, 3.8) is 0 Å². The van der Waals surface area contributed by atoms with Gasteiger partial charge in [0.25, 0.3) is 0 Å². The first-order valence-electron chi connectivity index (χ1n) is 7.84. The normalized spacial score (nSPS) is 18.0. The zero-order chi connectivity index (χ0) is 15.0. The third-order valence-corrected chi connectivity index (χ3v) is 8.56. The van der Waals surface area contributed by atoms with E-state index in [1.807, 2.05) is 0 Å². The fraction of sp³-hybridized carbons (Fsp3) is 0.765. The molecule has 0 saturated carbocycles. The SMILES string of the molecule is CC[SiH](CC)N(C1=C(C)C(C)=C(C)C1C)C(C)(C)C.[Cl-].[Cl-].[Ti]. The van der Waals surface area contributed by atoms with Crippen molar-refractivity contribution < 1.29 is 46.5 Å². The molecule has 0 aromatic rings.